The molecule has 0 unspecified atom stereocenters. The number of nitrogens with one attached hydrogen (secondary N) is 1. The third-order valence-electron chi connectivity index (χ3n) is 3.92. The van der Waals surface area contributed by atoms with Gasteiger partial charge in [-0.15, -0.1) is 0 Å². The third kappa shape index (κ3) is 4.37. The van der Waals surface area contributed by atoms with Gasteiger partial charge in [0.1, 0.15) is 19.0 Å². The first-order chi connectivity index (χ1) is 12.0. The minimum Gasteiger partial charge on any atom is -0.486 e. The largest absolute Gasteiger partial charge is 0.486 e. The Bertz CT molecular complexity index is 748. The van der Waals surface area contributed by atoms with E-state index in [2.05, 4.69) is 5.32 Å². The number of halogens is 1. The van der Waals surface area contributed by atoms with E-state index in [0.717, 1.165) is 11.3 Å². The zero-order valence-electron chi connectivity index (χ0n) is 14.1. The Kier molecular flexibility index (Phi) is 5.34. The molecule has 0 saturated heterocycles. The predicted octanol–water partition coefficient (Wildman–Crippen LogP) is 3.76. The Labute approximate surface area is 151 Å². The number of carbonyl (C=O) groups is 1. The molecule has 0 spiro atoms. The Morgan fingerprint density at radius 2 is 1.76 bits per heavy atom. The van der Waals surface area contributed by atoms with Crippen LogP contribution in [0.4, 0.5) is 0 Å². The van der Waals surface area contributed by atoms with Crippen LogP contribution in [-0.4, -0.2) is 25.2 Å². The van der Waals surface area contributed by atoms with Crippen LogP contribution in [-0.2, 0) is 4.79 Å². The van der Waals surface area contributed by atoms with E-state index in [4.69, 9.17) is 25.8 Å². The van der Waals surface area contributed by atoms with Crippen molar-refractivity contribution in [3.8, 4) is 17.2 Å². The van der Waals surface area contributed by atoms with Crippen LogP contribution < -0.4 is 19.5 Å². The second-order valence-electron chi connectivity index (χ2n) is 5.85. The molecule has 2 atom stereocenters. The van der Waals surface area contributed by atoms with Crippen molar-refractivity contribution in [3.05, 3.63) is 53.1 Å². The van der Waals surface area contributed by atoms with Crippen molar-refractivity contribution in [2.75, 3.05) is 13.2 Å². The summed E-state index contributed by atoms with van der Waals surface area (Å²) in [6.45, 7) is 4.71. The Balaban J connectivity index is 1.60. The molecule has 0 bridgehead atoms. The van der Waals surface area contributed by atoms with Crippen molar-refractivity contribution < 1.29 is 19.0 Å². The minimum atomic E-state index is -0.624. The van der Waals surface area contributed by atoms with E-state index in [0.29, 0.717) is 29.7 Å². The maximum absolute atomic E-state index is 12.4. The third-order valence-corrected chi connectivity index (χ3v) is 4.17. The number of hydrogen-bond donors (Lipinski definition) is 1. The highest BCUT2D eigenvalue weighted by Crippen LogP contribution is 2.32. The van der Waals surface area contributed by atoms with Crippen molar-refractivity contribution in [3.63, 3.8) is 0 Å². The number of benzene rings is 2. The first kappa shape index (κ1) is 17.4. The lowest BCUT2D eigenvalue weighted by Gasteiger charge is -2.22. The zero-order chi connectivity index (χ0) is 17.8. The summed E-state index contributed by atoms with van der Waals surface area (Å²) in [5, 5.41) is 3.57. The van der Waals surface area contributed by atoms with E-state index in [9.17, 15) is 4.79 Å². The molecule has 5 nitrogen and oxygen atoms in total. The van der Waals surface area contributed by atoms with Gasteiger partial charge in [0, 0.05) is 5.02 Å². The van der Waals surface area contributed by atoms with E-state index in [-0.39, 0.29) is 11.9 Å². The van der Waals surface area contributed by atoms with Gasteiger partial charge in [-0.05, 0) is 55.8 Å². The number of rotatable bonds is 5. The molecule has 132 valence electrons. The highest BCUT2D eigenvalue weighted by Gasteiger charge is 2.19. The molecular formula is C19H20ClNO4. The quantitative estimate of drug-likeness (QED) is 0.881. The van der Waals surface area contributed by atoms with Crippen LogP contribution in [0, 0.1) is 0 Å². The normalized spacial score (nSPS) is 15.2. The molecule has 3 rings (SSSR count). The summed E-state index contributed by atoms with van der Waals surface area (Å²) in [5.74, 6) is 1.83. The standard InChI is InChI=1S/C19H20ClNO4/c1-12(14-3-8-17-18(11-14)24-10-9-23-17)21-19(22)13(2)25-16-6-4-15(20)5-7-16/h3-8,11-13H,9-10H2,1-2H3,(H,21,22)/t12-,13+/m0/s1. The maximum Gasteiger partial charge on any atom is 0.261 e. The molecule has 2 aromatic rings. The Hall–Kier alpha value is -2.40. The van der Waals surface area contributed by atoms with Gasteiger partial charge in [-0.25, -0.2) is 0 Å². The summed E-state index contributed by atoms with van der Waals surface area (Å²) in [6, 6.07) is 12.4. The highest BCUT2D eigenvalue weighted by molar-refractivity contribution is 6.30. The van der Waals surface area contributed by atoms with Gasteiger partial charge in [-0.1, -0.05) is 17.7 Å². The van der Waals surface area contributed by atoms with Gasteiger partial charge in [0.05, 0.1) is 6.04 Å². The summed E-state index contributed by atoms with van der Waals surface area (Å²) in [5.41, 5.74) is 0.941. The lowest BCUT2D eigenvalue weighted by atomic mass is 10.1. The number of fused-ring (bicyclic) bond motifs is 1. The SMILES string of the molecule is C[C@H](NC(=O)[C@@H](C)Oc1ccc(Cl)cc1)c1ccc2c(c1)OCCO2. The minimum absolute atomic E-state index is 0.181. The van der Waals surface area contributed by atoms with Crippen molar-refractivity contribution in [2.24, 2.45) is 0 Å². The molecule has 6 heteroatoms. The van der Waals surface area contributed by atoms with Crippen molar-refractivity contribution in [1.29, 1.82) is 0 Å². The van der Waals surface area contributed by atoms with E-state index < -0.39 is 6.10 Å². The van der Waals surface area contributed by atoms with Gasteiger partial charge in [0.15, 0.2) is 17.6 Å². The molecule has 1 amide bonds. The molecule has 1 aliphatic heterocycles. The first-order valence-electron chi connectivity index (χ1n) is 8.15. The van der Waals surface area contributed by atoms with Gasteiger partial charge in [0.2, 0.25) is 0 Å². The molecule has 2 aromatic carbocycles. The number of amides is 1. The topological polar surface area (TPSA) is 56.8 Å². The number of ether oxygens (including phenoxy) is 3. The van der Waals surface area contributed by atoms with E-state index in [1.165, 1.54) is 0 Å². The molecular weight excluding hydrogens is 342 g/mol. The Morgan fingerprint density at radius 3 is 2.48 bits per heavy atom. The lowest BCUT2D eigenvalue weighted by molar-refractivity contribution is -0.127. The van der Waals surface area contributed by atoms with Crippen LogP contribution in [0.1, 0.15) is 25.5 Å². The van der Waals surface area contributed by atoms with Crippen molar-refractivity contribution in [1.82, 2.24) is 5.32 Å². The molecule has 0 saturated carbocycles. The van der Waals surface area contributed by atoms with Crippen molar-refractivity contribution in [2.45, 2.75) is 26.0 Å². The molecule has 1 aliphatic rings. The fraction of sp³-hybridized carbons (Fsp3) is 0.316. The highest BCUT2D eigenvalue weighted by atomic mass is 35.5. The van der Waals surface area contributed by atoms with Crippen LogP contribution in [0.15, 0.2) is 42.5 Å². The van der Waals surface area contributed by atoms with Gasteiger partial charge in [-0.3, -0.25) is 4.79 Å². The van der Waals surface area contributed by atoms with E-state index in [1.807, 2.05) is 25.1 Å². The molecule has 1 heterocycles. The van der Waals surface area contributed by atoms with Gasteiger partial charge >= 0.3 is 0 Å². The first-order valence-corrected chi connectivity index (χ1v) is 8.53. The second kappa shape index (κ2) is 7.66. The zero-order valence-corrected chi connectivity index (χ0v) is 14.9. The van der Waals surface area contributed by atoms with Crippen LogP contribution in [0.2, 0.25) is 5.02 Å². The average Bonchev–Trinajstić information content (AvgIpc) is 2.63. The van der Waals surface area contributed by atoms with Crippen LogP contribution in [0.25, 0.3) is 0 Å². The molecule has 0 aliphatic carbocycles. The summed E-state index contributed by atoms with van der Waals surface area (Å²) in [4.78, 5) is 12.4. The summed E-state index contributed by atoms with van der Waals surface area (Å²) in [7, 11) is 0. The smallest absolute Gasteiger partial charge is 0.261 e. The van der Waals surface area contributed by atoms with Crippen LogP contribution in [0.3, 0.4) is 0 Å². The summed E-state index contributed by atoms with van der Waals surface area (Å²) >= 11 is 5.84. The van der Waals surface area contributed by atoms with Gasteiger partial charge in [-0.2, -0.15) is 0 Å². The van der Waals surface area contributed by atoms with Crippen LogP contribution >= 0.6 is 11.6 Å². The average molecular weight is 362 g/mol. The predicted molar refractivity (Wildman–Crippen MR) is 95.5 cm³/mol. The van der Waals surface area contributed by atoms with E-state index in [1.54, 1.807) is 31.2 Å². The molecule has 0 radical (unpaired) electrons. The molecule has 25 heavy (non-hydrogen) atoms. The molecule has 1 N–H and O–H groups in total. The summed E-state index contributed by atoms with van der Waals surface area (Å²) in [6.07, 6.45) is -0.624. The lowest BCUT2D eigenvalue weighted by Crippen LogP contribution is -2.37. The molecule has 0 aromatic heterocycles. The van der Waals surface area contributed by atoms with Gasteiger partial charge < -0.3 is 19.5 Å². The monoisotopic (exact) mass is 361 g/mol. The van der Waals surface area contributed by atoms with E-state index >= 15 is 0 Å². The second-order valence-corrected chi connectivity index (χ2v) is 6.28. The molecule has 0 fully saturated rings. The van der Waals surface area contributed by atoms with Crippen molar-refractivity contribution >= 4 is 17.5 Å². The summed E-state index contributed by atoms with van der Waals surface area (Å²) < 4.78 is 16.7. The number of carbonyl (C=O) groups excluding carboxylic acids is 1. The fourth-order valence-corrected chi connectivity index (χ4v) is 2.64. The maximum atomic E-state index is 12.4. The fourth-order valence-electron chi connectivity index (χ4n) is 2.51. The number of hydrogen-bond acceptors (Lipinski definition) is 4. The Morgan fingerprint density at radius 1 is 1.08 bits per heavy atom. The van der Waals surface area contributed by atoms with Crippen LogP contribution in [0.5, 0.6) is 17.2 Å². The van der Waals surface area contributed by atoms with Gasteiger partial charge in [0.25, 0.3) is 5.91 Å².